The van der Waals surface area contributed by atoms with E-state index in [2.05, 4.69) is 0 Å². The van der Waals surface area contributed by atoms with Crippen molar-refractivity contribution in [3.63, 3.8) is 0 Å². The Labute approximate surface area is 94.8 Å². The fourth-order valence-corrected chi connectivity index (χ4v) is 2.05. The van der Waals surface area contributed by atoms with Gasteiger partial charge in [-0.2, -0.15) is 0 Å². The van der Waals surface area contributed by atoms with Crippen molar-refractivity contribution in [3.05, 3.63) is 11.9 Å². The van der Waals surface area contributed by atoms with E-state index in [9.17, 15) is 9.67 Å². The van der Waals surface area contributed by atoms with Crippen LogP contribution in [0, 0.1) is 0 Å². The third-order valence-corrected chi connectivity index (χ3v) is 2.90. The lowest BCUT2D eigenvalue weighted by atomic mass is 9.93. The minimum atomic E-state index is -4.21. The molecule has 6 nitrogen and oxygen atoms in total. The number of hydrogen-bond acceptors (Lipinski definition) is 4. The molecule has 0 saturated carbocycles. The van der Waals surface area contributed by atoms with Crippen LogP contribution in [-0.2, 0) is 14.0 Å². The summed E-state index contributed by atoms with van der Waals surface area (Å²) >= 11 is 0. The van der Waals surface area contributed by atoms with E-state index in [-0.39, 0.29) is 6.00 Å². The number of hydrogen-bond donors (Lipinski definition) is 3. The minimum absolute atomic E-state index is 0.304. The Morgan fingerprint density at radius 2 is 2.19 bits per heavy atom. The molecule has 1 aliphatic rings. The maximum Gasteiger partial charge on any atom is 0.348 e. The number of aliphatic hydroxyl groups is 1. The van der Waals surface area contributed by atoms with Crippen LogP contribution in [0.4, 0.5) is 0 Å². The molecule has 1 fully saturated rings. The highest BCUT2D eigenvalue weighted by Gasteiger charge is 2.40. The van der Waals surface area contributed by atoms with Crippen LogP contribution in [0.25, 0.3) is 0 Å². The zero-order chi connectivity index (χ0) is 12.3. The molecule has 0 aliphatic carbocycles. The van der Waals surface area contributed by atoms with Gasteiger partial charge in [0.15, 0.2) is 0 Å². The van der Waals surface area contributed by atoms with Gasteiger partial charge in [0.1, 0.15) is 26.2 Å². The summed E-state index contributed by atoms with van der Waals surface area (Å²) in [5, 5.41) is 9.79. The first-order valence-corrected chi connectivity index (χ1v) is 6.73. The molecule has 8 heteroatoms. The van der Waals surface area contributed by atoms with Gasteiger partial charge >= 0.3 is 7.60 Å². The summed E-state index contributed by atoms with van der Waals surface area (Å²) in [4.78, 5) is 17.3. The normalized spacial score (nSPS) is 36.0. The predicted molar refractivity (Wildman–Crippen MR) is 59.8 cm³/mol. The van der Waals surface area contributed by atoms with Crippen LogP contribution in [0.2, 0.25) is 0 Å². The standard InChI is InChI=1S/C8H16BO6P/c1-2-14-7-6(10)5(15-8(7)9)3-4-16(11,12)13/h3-8,10H,2,9H2,1H3,(H2,11,12,13)/b4-3+. The van der Waals surface area contributed by atoms with Gasteiger partial charge in [0, 0.05) is 12.4 Å². The first-order valence-electron chi connectivity index (χ1n) is 5.05. The van der Waals surface area contributed by atoms with Gasteiger partial charge in [-0.15, -0.1) is 0 Å². The van der Waals surface area contributed by atoms with Gasteiger partial charge in [-0.05, 0) is 13.0 Å². The first-order chi connectivity index (χ1) is 7.35. The lowest BCUT2D eigenvalue weighted by molar-refractivity contribution is -0.0136. The summed E-state index contributed by atoms with van der Waals surface area (Å²) in [6.07, 6.45) is -0.922. The Balaban J connectivity index is 2.65. The van der Waals surface area contributed by atoms with Crippen LogP contribution in [0.15, 0.2) is 11.9 Å². The van der Waals surface area contributed by atoms with Crippen LogP contribution in [0.5, 0.6) is 0 Å². The Bertz CT molecular complexity index is 303. The van der Waals surface area contributed by atoms with Crippen molar-refractivity contribution < 1.29 is 28.9 Å². The molecule has 0 aromatic rings. The topological polar surface area (TPSA) is 96.2 Å². The van der Waals surface area contributed by atoms with Crippen molar-refractivity contribution in [2.24, 2.45) is 0 Å². The quantitative estimate of drug-likeness (QED) is 0.428. The van der Waals surface area contributed by atoms with E-state index in [0.717, 1.165) is 5.82 Å². The van der Waals surface area contributed by atoms with Crippen molar-refractivity contribution in [2.75, 3.05) is 6.61 Å². The molecule has 4 unspecified atom stereocenters. The second-order valence-electron chi connectivity index (χ2n) is 3.65. The van der Waals surface area contributed by atoms with Crippen LogP contribution in [-0.4, -0.2) is 53.7 Å². The van der Waals surface area contributed by atoms with E-state index in [1.54, 1.807) is 14.8 Å². The Morgan fingerprint density at radius 3 is 2.69 bits per heavy atom. The van der Waals surface area contributed by atoms with E-state index in [0.29, 0.717) is 6.61 Å². The molecule has 3 N–H and O–H groups in total. The van der Waals surface area contributed by atoms with Crippen molar-refractivity contribution >= 4 is 15.4 Å². The fraction of sp³-hybridized carbons (Fsp3) is 0.750. The zero-order valence-electron chi connectivity index (χ0n) is 9.18. The van der Waals surface area contributed by atoms with Gasteiger partial charge in [0.25, 0.3) is 0 Å². The van der Waals surface area contributed by atoms with E-state index >= 15 is 0 Å². The maximum atomic E-state index is 10.6. The third kappa shape index (κ3) is 3.70. The van der Waals surface area contributed by atoms with E-state index in [1.165, 1.54) is 6.08 Å². The van der Waals surface area contributed by atoms with Crippen LogP contribution >= 0.6 is 7.60 Å². The van der Waals surface area contributed by atoms with Crippen molar-refractivity contribution in [2.45, 2.75) is 31.2 Å². The van der Waals surface area contributed by atoms with Gasteiger partial charge in [-0.1, -0.05) is 0 Å². The highest BCUT2D eigenvalue weighted by molar-refractivity contribution is 7.55. The second kappa shape index (κ2) is 5.45. The second-order valence-corrected chi connectivity index (χ2v) is 5.12. The van der Waals surface area contributed by atoms with Crippen molar-refractivity contribution in [1.82, 2.24) is 0 Å². The molecule has 0 aromatic heterocycles. The minimum Gasteiger partial charge on any atom is -0.387 e. The molecule has 0 bridgehead atoms. The Hall–Kier alpha value is -0.165. The zero-order valence-corrected chi connectivity index (χ0v) is 10.1. The summed E-state index contributed by atoms with van der Waals surface area (Å²) < 4.78 is 21.2. The van der Waals surface area contributed by atoms with Crippen LogP contribution < -0.4 is 0 Å². The van der Waals surface area contributed by atoms with Gasteiger partial charge in [0.05, 0.1) is 6.00 Å². The third-order valence-electron chi connectivity index (χ3n) is 2.34. The molecule has 4 atom stereocenters. The molecule has 1 heterocycles. The summed E-state index contributed by atoms with van der Waals surface area (Å²) in [5.41, 5.74) is 0. The average molecular weight is 250 g/mol. The number of aliphatic hydroxyl groups excluding tert-OH is 1. The first kappa shape index (κ1) is 13.9. The summed E-state index contributed by atoms with van der Waals surface area (Å²) in [6.45, 7) is 2.25. The van der Waals surface area contributed by atoms with Crippen LogP contribution in [0.1, 0.15) is 6.92 Å². The highest BCUT2D eigenvalue weighted by Crippen LogP contribution is 2.37. The molecule has 0 radical (unpaired) electrons. The Kier molecular flexibility index (Phi) is 4.73. The van der Waals surface area contributed by atoms with E-state index in [1.807, 2.05) is 0 Å². The SMILES string of the molecule is BC1OC(/C=C/P(=O)(O)O)C(O)C1OCC. The number of rotatable bonds is 4. The molecule has 1 rings (SSSR count). The number of ether oxygens (including phenoxy) is 2. The van der Waals surface area contributed by atoms with Gasteiger partial charge in [0.2, 0.25) is 0 Å². The smallest absolute Gasteiger partial charge is 0.348 e. The summed E-state index contributed by atoms with van der Waals surface area (Å²) in [6, 6.07) is -0.304. The summed E-state index contributed by atoms with van der Waals surface area (Å²) in [7, 11) is -2.47. The van der Waals surface area contributed by atoms with Crippen molar-refractivity contribution in [3.8, 4) is 0 Å². The Morgan fingerprint density at radius 1 is 1.56 bits per heavy atom. The molecule has 1 aliphatic heterocycles. The monoisotopic (exact) mass is 250 g/mol. The lowest BCUT2D eigenvalue weighted by Crippen LogP contribution is -2.35. The molecule has 0 aromatic carbocycles. The molecular weight excluding hydrogens is 234 g/mol. The van der Waals surface area contributed by atoms with Gasteiger partial charge in [-0.25, -0.2) is 0 Å². The van der Waals surface area contributed by atoms with Crippen LogP contribution in [0.3, 0.4) is 0 Å². The van der Waals surface area contributed by atoms with E-state index < -0.39 is 25.9 Å². The largest absolute Gasteiger partial charge is 0.387 e. The predicted octanol–water partition coefficient (Wildman–Crippen LogP) is -1.20. The molecular formula is C8H16BO6P. The maximum absolute atomic E-state index is 10.6. The summed E-state index contributed by atoms with van der Waals surface area (Å²) in [5.74, 6) is 0.738. The van der Waals surface area contributed by atoms with E-state index in [4.69, 9.17) is 19.3 Å². The highest BCUT2D eigenvalue weighted by atomic mass is 31.2. The molecule has 1 saturated heterocycles. The molecule has 0 amide bonds. The molecule has 0 spiro atoms. The molecule has 92 valence electrons. The average Bonchev–Trinajstić information content (AvgIpc) is 2.42. The van der Waals surface area contributed by atoms with Gasteiger partial charge < -0.3 is 24.4 Å². The fourth-order valence-electron chi connectivity index (χ4n) is 1.65. The molecule has 16 heavy (non-hydrogen) atoms. The van der Waals surface area contributed by atoms with Gasteiger partial charge in [-0.3, -0.25) is 4.57 Å². The van der Waals surface area contributed by atoms with Crippen molar-refractivity contribution in [1.29, 1.82) is 0 Å². The lowest BCUT2D eigenvalue weighted by Gasteiger charge is -2.17.